The van der Waals surface area contributed by atoms with Gasteiger partial charge >= 0.3 is 0 Å². The molecule has 3 aromatic carbocycles. The Morgan fingerprint density at radius 3 is 2.39 bits per heavy atom. The summed E-state index contributed by atoms with van der Waals surface area (Å²) in [6, 6.07) is 22.3. The molecule has 2 aliphatic rings. The molecule has 33 heavy (non-hydrogen) atoms. The Kier molecular flexibility index (Phi) is 6.01. The number of aliphatic imine (C=N–C) groups is 1. The van der Waals surface area contributed by atoms with Gasteiger partial charge < -0.3 is 24.2 Å². The van der Waals surface area contributed by atoms with Crippen molar-refractivity contribution in [1.29, 1.82) is 0 Å². The van der Waals surface area contributed by atoms with Gasteiger partial charge in [-0.3, -0.25) is 0 Å². The standard InChI is InChI=1S/C26H27ClN4O2/c1-32-22-8-5-7-21(17-22)29-12-14-30(15-13-29)26-28-23-9-4-3-6-19(23)18-31(26)24-16-20(27)10-11-25(24)33-2/h3-11,16-17H,12-15,18H2,1-2H3. The summed E-state index contributed by atoms with van der Waals surface area (Å²) >= 11 is 6.39. The zero-order chi connectivity index (χ0) is 22.8. The maximum absolute atomic E-state index is 6.39. The fourth-order valence-corrected chi connectivity index (χ4v) is 4.61. The molecule has 2 aliphatic heterocycles. The first kappa shape index (κ1) is 21.5. The molecule has 0 bridgehead atoms. The number of rotatable bonds is 4. The normalized spacial score (nSPS) is 15.7. The predicted octanol–water partition coefficient (Wildman–Crippen LogP) is 5.19. The number of hydrogen-bond donors (Lipinski definition) is 0. The van der Waals surface area contributed by atoms with Gasteiger partial charge in [0.05, 0.1) is 32.1 Å². The van der Waals surface area contributed by atoms with Gasteiger partial charge in [-0.15, -0.1) is 0 Å². The maximum atomic E-state index is 6.39. The number of ether oxygens (including phenoxy) is 2. The highest BCUT2D eigenvalue weighted by Gasteiger charge is 2.30. The minimum absolute atomic E-state index is 0.673. The van der Waals surface area contributed by atoms with Crippen LogP contribution in [0.3, 0.4) is 0 Å². The highest BCUT2D eigenvalue weighted by atomic mass is 35.5. The van der Waals surface area contributed by atoms with Crippen LogP contribution in [0.25, 0.3) is 0 Å². The number of nitrogens with zero attached hydrogens (tertiary/aromatic N) is 4. The third-order valence-corrected chi connectivity index (χ3v) is 6.43. The summed E-state index contributed by atoms with van der Waals surface area (Å²) in [6.07, 6.45) is 0. The van der Waals surface area contributed by atoms with E-state index in [0.29, 0.717) is 11.6 Å². The smallest absolute Gasteiger partial charge is 0.206 e. The molecule has 7 heteroatoms. The van der Waals surface area contributed by atoms with Gasteiger partial charge in [-0.05, 0) is 42.0 Å². The van der Waals surface area contributed by atoms with Gasteiger partial charge in [-0.1, -0.05) is 35.9 Å². The Morgan fingerprint density at radius 1 is 0.818 bits per heavy atom. The second-order valence-electron chi connectivity index (χ2n) is 8.12. The van der Waals surface area contributed by atoms with Gasteiger partial charge in [0.1, 0.15) is 11.5 Å². The average Bonchev–Trinajstić information content (AvgIpc) is 2.88. The van der Waals surface area contributed by atoms with E-state index in [1.54, 1.807) is 14.2 Å². The molecule has 0 spiro atoms. The number of piperazine rings is 1. The van der Waals surface area contributed by atoms with Crippen LogP contribution in [0.2, 0.25) is 5.02 Å². The molecule has 3 aromatic rings. The second-order valence-corrected chi connectivity index (χ2v) is 8.55. The Bertz CT molecular complexity index is 1170. The summed E-state index contributed by atoms with van der Waals surface area (Å²) in [4.78, 5) is 12.0. The first-order chi connectivity index (χ1) is 16.2. The summed E-state index contributed by atoms with van der Waals surface area (Å²) in [7, 11) is 3.39. The summed E-state index contributed by atoms with van der Waals surface area (Å²) in [6.45, 7) is 4.22. The largest absolute Gasteiger partial charge is 0.497 e. The molecule has 0 aliphatic carbocycles. The molecule has 2 heterocycles. The van der Waals surface area contributed by atoms with Gasteiger partial charge in [0.2, 0.25) is 5.96 Å². The van der Waals surface area contributed by atoms with Crippen molar-refractivity contribution in [1.82, 2.24) is 4.90 Å². The van der Waals surface area contributed by atoms with Gasteiger partial charge in [0.25, 0.3) is 0 Å². The van der Waals surface area contributed by atoms with E-state index in [1.165, 1.54) is 11.3 Å². The van der Waals surface area contributed by atoms with Crippen LogP contribution in [0.5, 0.6) is 11.5 Å². The van der Waals surface area contributed by atoms with E-state index in [9.17, 15) is 0 Å². The van der Waals surface area contributed by atoms with Crippen LogP contribution < -0.4 is 19.3 Å². The first-order valence-corrected chi connectivity index (χ1v) is 11.5. The Morgan fingerprint density at radius 2 is 1.61 bits per heavy atom. The third-order valence-electron chi connectivity index (χ3n) is 6.19. The van der Waals surface area contributed by atoms with Crippen LogP contribution in [0, 0.1) is 0 Å². The molecule has 0 radical (unpaired) electrons. The van der Waals surface area contributed by atoms with Crippen molar-refractivity contribution < 1.29 is 9.47 Å². The topological polar surface area (TPSA) is 40.5 Å². The maximum Gasteiger partial charge on any atom is 0.206 e. The van der Waals surface area contributed by atoms with Crippen molar-refractivity contribution in [3.05, 3.63) is 77.3 Å². The molecule has 0 aromatic heterocycles. The number of fused-ring (bicyclic) bond motifs is 1. The number of anilines is 2. The third kappa shape index (κ3) is 4.31. The lowest BCUT2D eigenvalue weighted by atomic mass is 10.1. The predicted molar refractivity (Wildman–Crippen MR) is 135 cm³/mol. The lowest BCUT2D eigenvalue weighted by Crippen LogP contribution is -2.54. The zero-order valence-electron chi connectivity index (χ0n) is 18.9. The molecule has 0 atom stereocenters. The van der Waals surface area contributed by atoms with Gasteiger partial charge in [-0.2, -0.15) is 0 Å². The van der Waals surface area contributed by atoms with Crippen LogP contribution in [0.1, 0.15) is 5.56 Å². The summed E-state index contributed by atoms with van der Waals surface area (Å²) in [5.41, 5.74) is 4.30. The summed E-state index contributed by atoms with van der Waals surface area (Å²) < 4.78 is 11.1. The van der Waals surface area contributed by atoms with Crippen LogP contribution in [-0.4, -0.2) is 51.3 Å². The van der Waals surface area contributed by atoms with Crippen molar-refractivity contribution in [2.24, 2.45) is 4.99 Å². The molecule has 0 amide bonds. The molecule has 0 N–H and O–H groups in total. The van der Waals surface area contributed by atoms with E-state index in [1.807, 2.05) is 36.4 Å². The SMILES string of the molecule is COc1cccc(N2CCN(C3=Nc4ccccc4CN3c3cc(Cl)ccc3OC)CC2)c1. The van der Waals surface area contributed by atoms with Crippen molar-refractivity contribution in [2.75, 3.05) is 50.2 Å². The molecule has 5 rings (SSSR count). The van der Waals surface area contributed by atoms with Crippen LogP contribution in [-0.2, 0) is 6.54 Å². The number of guanidine groups is 1. The van der Waals surface area contributed by atoms with Crippen molar-refractivity contribution in [3.63, 3.8) is 0 Å². The number of para-hydroxylation sites is 1. The minimum Gasteiger partial charge on any atom is -0.497 e. The average molecular weight is 463 g/mol. The lowest BCUT2D eigenvalue weighted by Gasteiger charge is -2.42. The lowest BCUT2D eigenvalue weighted by molar-refractivity contribution is 0.375. The number of hydrogen-bond acceptors (Lipinski definition) is 6. The minimum atomic E-state index is 0.673. The van der Waals surface area contributed by atoms with Crippen LogP contribution in [0.15, 0.2) is 71.7 Å². The van der Waals surface area contributed by atoms with Gasteiger partial charge in [0.15, 0.2) is 0 Å². The summed E-state index contributed by atoms with van der Waals surface area (Å²) in [5, 5.41) is 0.673. The van der Waals surface area contributed by atoms with Crippen LogP contribution in [0.4, 0.5) is 17.1 Å². The quantitative estimate of drug-likeness (QED) is 0.533. The van der Waals surface area contributed by atoms with Gasteiger partial charge in [-0.25, -0.2) is 4.99 Å². The fraction of sp³-hybridized carbons (Fsp3) is 0.269. The van der Waals surface area contributed by atoms with Crippen molar-refractivity contribution in [2.45, 2.75) is 6.54 Å². The number of benzene rings is 3. The van der Waals surface area contributed by atoms with E-state index >= 15 is 0 Å². The van der Waals surface area contributed by atoms with E-state index < -0.39 is 0 Å². The van der Waals surface area contributed by atoms with Crippen molar-refractivity contribution >= 4 is 34.6 Å². The second kappa shape index (κ2) is 9.24. The molecule has 0 unspecified atom stereocenters. The first-order valence-electron chi connectivity index (χ1n) is 11.1. The Balaban J connectivity index is 1.45. The molecule has 0 saturated carbocycles. The van der Waals surface area contributed by atoms with Crippen LogP contribution >= 0.6 is 11.6 Å². The molecule has 6 nitrogen and oxygen atoms in total. The molecular formula is C26H27ClN4O2. The Hall–Kier alpha value is -3.38. The summed E-state index contributed by atoms with van der Waals surface area (Å²) in [5.74, 6) is 2.59. The number of halogens is 1. The molecule has 1 fully saturated rings. The Labute approximate surface area is 199 Å². The highest BCUT2D eigenvalue weighted by molar-refractivity contribution is 6.31. The zero-order valence-corrected chi connectivity index (χ0v) is 19.6. The monoisotopic (exact) mass is 462 g/mol. The van der Waals surface area contributed by atoms with Gasteiger partial charge in [0, 0.05) is 43.0 Å². The highest BCUT2D eigenvalue weighted by Crippen LogP contribution is 2.37. The number of methoxy groups -OCH3 is 2. The fourth-order valence-electron chi connectivity index (χ4n) is 4.44. The van der Waals surface area contributed by atoms with E-state index in [4.69, 9.17) is 26.1 Å². The van der Waals surface area contributed by atoms with E-state index in [-0.39, 0.29) is 0 Å². The van der Waals surface area contributed by atoms with E-state index in [0.717, 1.165) is 55.0 Å². The molecule has 1 saturated heterocycles. The molecule has 170 valence electrons. The molecular weight excluding hydrogens is 436 g/mol. The van der Waals surface area contributed by atoms with E-state index in [2.05, 4.69) is 45.0 Å². The van der Waals surface area contributed by atoms with Crippen molar-refractivity contribution in [3.8, 4) is 11.5 Å².